The first-order chi connectivity index (χ1) is 19.9. The number of nitrogens with one attached hydrogen (secondary N) is 1. The molecule has 1 aliphatic heterocycles. The highest BCUT2D eigenvalue weighted by atomic mass is 32.2. The van der Waals surface area contributed by atoms with E-state index in [1.54, 1.807) is 18.3 Å². The van der Waals surface area contributed by atoms with Gasteiger partial charge in [0.15, 0.2) is 15.7 Å². The van der Waals surface area contributed by atoms with Gasteiger partial charge in [-0.25, -0.2) is 12.8 Å². The van der Waals surface area contributed by atoms with Gasteiger partial charge in [-0.1, -0.05) is 23.4 Å². The number of carbonyl (C=O) groups is 1. The summed E-state index contributed by atoms with van der Waals surface area (Å²) in [5.41, 5.74) is 2.49. The molecule has 4 heterocycles. The number of benzene rings is 2. The number of piperazine rings is 1. The Morgan fingerprint density at radius 2 is 1.80 bits per heavy atom. The lowest BCUT2D eigenvalue weighted by atomic mass is 10.1. The van der Waals surface area contributed by atoms with E-state index in [1.165, 1.54) is 18.4 Å². The van der Waals surface area contributed by atoms with E-state index < -0.39 is 15.6 Å². The minimum absolute atomic E-state index is 0.0145. The van der Waals surface area contributed by atoms with Crippen molar-refractivity contribution in [3.8, 4) is 11.5 Å². The van der Waals surface area contributed by atoms with Gasteiger partial charge in [-0.15, -0.1) is 0 Å². The molecule has 0 spiro atoms. The standard InChI is InChI=1S/C29H28FN5O5S/c30-24-9-8-23(28-32-25(33-40-28)19-41(37,38)18-22-7-4-16-39-22)27-26(24)21(17-31-27)10-11-34-12-14-35(15-13-34)29(36)20-5-2-1-3-6-20/h1-9,16-17,31H,10-15,18-19H2. The Morgan fingerprint density at radius 3 is 2.56 bits per heavy atom. The zero-order valence-corrected chi connectivity index (χ0v) is 22.9. The van der Waals surface area contributed by atoms with Crippen LogP contribution in [0.5, 0.6) is 0 Å². The third-order valence-electron chi connectivity index (χ3n) is 7.23. The van der Waals surface area contributed by atoms with Crippen molar-refractivity contribution in [3.05, 3.63) is 95.6 Å². The molecule has 41 heavy (non-hydrogen) atoms. The summed E-state index contributed by atoms with van der Waals surface area (Å²) >= 11 is 0. The quantitative estimate of drug-likeness (QED) is 0.278. The molecule has 212 valence electrons. The van der Waals surface area contributed by atoms with Crippen LogP contribution in [0.15, 0.2) is 76.0 Å². The Bertz CT molecular complexity index is 1760. The van der Waals surface area contributed by atoms with Crippen LogP contribution < -0.4 is 0 Å². The van der Waals surface area contributed by atoms with Gasteiger partial charge in [-0.2, -0.15) is 4.98 Å². The molecule has 2 aromatic carbocycles. The van der Waals surface area contributed by atoms with E-state index in [9.17, 15) is 13.2 Å². The van der Waals surface area contributed by atoms with E-state index in [-0.39, 0.29) is 29.2 Å². The molecule has 12 heteroatoms. The number of furan rings is 1. The van der Waals surface area contributed by atoms with Crippen LogP contribution in [0, 0.1) is 5.82 Å². The first kappa shape index (κ1) is 26.9. The van der Waals surface area contributed by atoms with Gasteiger partial charge in [0, 0.05) is 49.9 Å². The monoisotopic (exact) mass is 577 g/mol. The maximum absolute atomic E-state index is 15.0. The van der Waals surface area contributed by atoms with E-state index in [1.807, 2.05) is 35.2 Å². The lowest BCUT2D eigenvalue weighted by molar-refractivity contribution is 0.0638. The van der Waals surface area contributed by atoms with Crippen molar-refractivity contribution < 1.29 is 26.5 Å². The maximum Gasteiger partial charge on any atom is 0.260 e. The van der Waals surface area contributed by atoms with E-state index in [0.29, 0.717) is 53.8 Å². The number of sulfone groups is 1. The Labute approximate surface area is 235 Å². The van der Waals surface area contributed by atoms with Gasteiger partial charge in [-0.3, -0.25) is 9.69 Å². The average Bonchev–Trinajstić information content (AvgIpc) is 3.74. The molecular formula is C29H28FN5O5S. The van der Waals surface area contributed by atoms with Gasteiger partial charge in [-0.05, 0) is 48.4 Å². The number of hydrogen-bond acceptors (Lipinski definition) is 8. The van der Waals surface area contributed by atoms with Crippen molar-refractivity contribution in [2.24, 2.45) is 0 Å². The lowest BCUT2D eigenvalue weighted by Gasteiger charge is -2.34. The molecule has 0 aliphatic carbocycles. The topological polar surface area (TPSA) is 126 Å². The van der Waals surface area contributed by atoms with Crippen molar-refractivity contribution >= 4 is 26.6 Å². The first-order valence-corrected chi connectivity index (χ1v) is 15.1. The number of halogens is 1. The summed E-state index contributed by atoms with van der Waals surface area (Å²) in [6.45, 7) is 3.46. The summed E-state index contributed by atoms with van der Waals surface area (Å²) < 4.78 is 50.6. The van der Waals surface area contributed by atoms with Crippen LogP contribution in [0.25, 0.3) is 22.4 Å². The maximum atomic E-state index is 15.0. The number of nitrogens with zero attached hydrogens (tertiary/aromatic N) is 4. The van der Waals surface area contributed by atoms with Crippen molar-refractivity contribution in [2.75, 3.05) is 32.7 Å². The number of carbonyl (C=O) groups excluding carboxylic acids is 1. The molecule has 1 fully saturated rings. The molecule has 1 aliphatic rings. The van der Waals surface area contributed by atoms with Crippen LogP contribution in [0.2, 0.25) is 0 Å². The number of aromatic amines is 1. The molecule has 6 rings (SSSR count). The van der Waals surface area contributed by atoms with Crippen LogP contribution in [-0.4, -0.2) is 72.0 Å². The molecule has 0 saturated carbocycles. The Morgan fingerprint density at radius 1 is 1.00 bits per heavy atom. The molecule has 0 unspecified atom stereocenters. The lowest BCUT2D eigenvalue weighted by Crippen LogP contribution is -2.49. The molecule has 1 N–H and O–H groups in total. The van der Waals surface area contributed by atoms with Crippen LogP contribution >= 0.6 is 0 Å². The van der Waals surface area contributed by atoms with E-state index in [0.717, 1.165) is 18.7 Å². The van der Waals surface area contributed by atoms with Crippen LogP contribution in [0.3, 0.4) is 0 Å². The average molecular weight is 578 g/mol. The van der Waals surface area contributed by atoms with Crippen molar-refractivity contribution in [2.45, 2.75) is 17.9 Å². The second-order valence-corrected chi connectivity index (χ2v) is 12.1. The summed E-state index contributed by atoms with van der Waals surface area (Å²) in [6.07, 6.45) is 3.79. The van der Waals surface area contributed by atoms with Crippen molar-refractivity contribution in [1.29, 1.82) is 0 Å². The summed E-state index contributed by atoms with van der Waals surface area (Å²) in [7, 11) is -3.59. The van der Waals surface area contributed by atoms with Gasteiger partial charge in [0.1, 0.15) is 23.1 Å². The number of rotatable bonds is 9. The second kappa shape index (κ2) is 11.3. The summed E-state index contributed by atoms with van der Waals surface area (Å²) in [5, 5.41) is 4.28. The molecule has 5 aromatic rings. The van der Waals surface area contributed by atoms with Crippen LogP contribution in [0.4, 0.5) is 4.39 Å². The van der Waals surface area contributed by atoms with Gasteiger partial charge < -0.3 is 18.8 Å². The Balaban J connectivity index is 1.11. The minimum Gasteiger partial charge on any atom is -0.468 e. The molecule has 1 amide bonds. The fourth-order valence-corrected chi connectivity index (χ4v) is 6.36. The molecule has 0 bridgehead atoms. The summed E-state index contributed by atoms with van der Waals surface area (Å²) in [4.78, 5) is 24.3. The largest absolute Gasteiger partial charge is 0.468 e. The number of aromatic nitrogens is 3. The Hall–Kier alpha value is -4.29. The molecule has 1 saturated heterocycles. The Kier molecular flexibility index (Phi) is 7.41. The molecule has 0 atom stereocenters. The summed E-state index contributed by atoms with van der Waals surface area (Å²) in [5.74, 6) is -0.582. The van der Waals surface area contributed by atoms with E-state index in [2.05, 4.69) is 20.0 Å². The highest BCUT2D eigenvalue weighted by Crippen LogP contribution is 2.31. The van der Waals surface area contributed by atoms with E-state index in [4.69, 9.17) is 8.94 Å². The number of hydrogen-bond donors (Lipinski definition) is 1. The first-order valence-electron chi connectivity index (χ1n) is 13.3. The SMILES string of the molecule is O=C(c1ccccc1)N1CCN(CCc2c[nH]c3c(-c4nc(CS(=O)(=O)Cc5ccco5)no4)ccc(F)c23)CC1. The van der Waals surface area contributed by atoms with Gasteiger partial charge in [0.05, 0.1) is 17.3 Å². The van der Waals surface area contributed by atoms with Crippen molar-refractivity contribution in [1.82, 2.24) is 24.9 Å². The third kappa shape index (κ3) is 5.93. The number of amides is 1. The smallest absolute Gasteiger partial charge is 0.260 e. The summed E-state index contributed by atoms with van der Waals surface area (Å²) in [6, 6.07) is 15.4. The highest BCUT2D eigenvalue weighted by Gasteiger charge is 2.24. The normalized spacial score (nSPS) is 14.6. The highest BCUT2D eigenvalue weighted by molar-refractivity contribution is 7.89. The predicted molar refractivity (Wildman–Crippen MR) is 149 cm³/mol. The van der Waals surface area contributed by atoms with Gasteiger partial charge in [0.2, 0.25) is 0 Å². The van der Waals surface area contributed by atoms with Gasteiger partial charge >= 0.3 is 0 Å². The van der Waals surface area contributed by atoms with Crippen LogP contribution in [-0.2, 0) is 27.8 Å². The zero-order chi connectivity index (χ0) is 28.4. The van der Waals surface area contributed by atoms with Crippen LogP contribution in [0.1, 0.15) is 27.5 Å². The van der Waals surface area contributed by atoms with Gasteiger partial charge in [0.25, 0.3) is 11.8 Å². The fraction of sp³-hybridized carbons (Fsp3) is 0.276. The zero-order valence-electron chi connectivity index (χ0n) is 22.1. The van der Waals surface area contributed by atoms with Crippen molar-refractivity contribution in [3.63, 3.8) is 0 Å². The molecule has 10 nitrogen and oxygen atoms in total. The molecule has 3 aromatic heterocycles. The third-order valence-corrected chi connectivity index (χ3v) is 8.66. The van der Waals surface area contributed by atoms with E-state index >= 15 is 4.39 Å². The minimum atomic E-state index is -3.59. The fourth-order valence-electron chi connectivity index (χ4n) is 5.15. The number of fused-ring (bicyclic) bond motifs is 1. The second-order valence-electron chi connectivity index (χ2n) is 10.0. The molecule has 0 radical (unpaired) electrons. The predicted octanol–water partition coefficient (Wildman–Crippen LogP) is 4.07. The number of H-pyrrole nitrogens is 1. The molecular weight excluding hydrogens is 549 g/mol.